The Kier molecular flexibility index (Phi) is 6.57. The Morgan fingerprint density at radius 3 is 2.46 bits per heavy atom. The molecule has 0 saturated heterocycles. The van der Waals surface area contributed by atoms with Gasteiger partial charge in [0.2, 0.25) is 10.0 Å². The maximum atomic E-state index is 12.4. The highest BCUT2D eigenvalue weighted by Crippen LogP contribution is 2.19. The summed E-state index contributed by atoms with van der Waals surface area (Å²) in [5.41, 5.74) is 2.72. The van der Waals surface area contributed by atoms with Gasteiger partial charge in [0.1, 0.15) is 16.6 Å². The van der Waals surface area contributed by atoms with Gasteiger partial charge >= 0.3 is 5.97 Å². The maximum absolute atomic E-state index is 12.4. The van der Waals surface area contributed by atoms with E-state index in [2.05, 4.69) is 15.2 Å². The third-order valence-electron chi connectivity index (χ3n) is 3.92. The molecule has 152 valence electrons. The number of aromatic nitrogens is 1. The number of aryl methyl sites for hydroxylation is 4. The van der Waals surface area contributed by atoms with Gasteiger partial charge in [-0.1, -0.05) is 22.9 Å². The van der Waals surface area contributed by atoms with Crippen LogP contribution in [0.4, 0.5) is 5.69 Å². The van der Waals surface area contributed by atoms with Crippen LogP contribution < -0.4 is 10.0 Å². The van der Waals surface area contributed by atoms with Gasteiger partial charge in [0.05, 0.1) is 0 Å². The normalized spacial score (nSPS) is 12.5. The molecule has 28 heavy (non-hydrogen) atoms. The molecule has 0 spiro atoms. The molecule has 1 aromatic carbocycles. The molecule has 1 amide bonds. The first-order valence-corrected chi connectivity index (χ1v) is 9.98. The summed E-state index contributed by atoms with van der Waals surface area (Å²) in [5, 5.41) is 6.22. The number of benzene rings is 1. The molecular weight excluding hydrogens is 386 g/mol. The fraction of sp³-hybridized carbons (Fsp3) is 0.389. The number of hydrogen-bond donors (Lipinski definition) is 2. The van der Waals surface area contributed by atoms with Crippen molar-refractivity contribution in [2.45, 2.75) is 45.6 Å². The molecule has 0 fully saturated rings. The lowest BCUT2D eigenvalue weighted by Crippen LogP contribution is -2.40. The molecule has 1 heterocycles. The Hall–Kier alpha value is -2.72. The monoisotopic (exact) mass is 409 g/mol. The predicted molar refractivity (Wildman–Crippen MR) is 101 cm³/mol. The molecule has 10 heteroatoms. The first kappa shape index (κ1) is 21.6. The van der Waals surface area contributed by atoms with Crippen molar-refractivity contribution >= 4 is 27.6 Å². The lowest BCUT2D eigenvalue weighted by atomic mass is 10.1. The number of carbonyl (C=O) groups is 2. The van der Waals surface area contributed by atoms with Crippen LogP contribution in [0.25, 0.3) is 0 Å². The maximum Gasteiger partial charge on any atom is 0.324 e. The van der Waals surface area contributed by atoms with Crippen LogP contribution >= 0.6 is 0 Å². The van der Waals surface area contributed by atoms with Crippen LogP contribution in [0.15, 0.2) is 27.6 Å². The van der Waals surface area contributed by atoms with Crippen LogP contribution in [-0.4, -0.2) is 38.1 Å². The topological polar surface area (TPSA) is 128 Å². The molecule has 1 atom stereocenters. The molecule has 2 aromatic rings. The number of carbonyl (C=O) groups excluding carboxylic acids is 2. The highest BCUT2D eigenvalue weighted by molar-refractivity contribution is 7.89. The number of nitrogens with zero attached hydrogens (tertiary/aromatic N) is 1. The van der Waals surface area contributed by atoms with Gasteiger partial charge in [0.15, 0.2) is 12.4 Å². The van der Waals surface area contributed by atoms with E-state index in [4.69, 9.17) is 9.26 Å². The van der Waals surface area contributed by atoms with E-state index in [9.17, 15) is 18.0 Å². The van der Waals surface area contributed by atoms with E-state index >= 15 is 0 Å². The van der Waals surface area contributed by atoms with Crippen LogP contribution in [0, 0.1) is 27.7 Å². The van der Waals surface area contributed by atoms with E-state index in [-0.39, 0.29) is 16.3 Å². The Bertz CT molecular complexity index is 977. The number of ether oxygens (including phenoxy) is 1. The van der Waals surface area contributed by atoms with Gasteiger partial charge in [-0.15, -0.1) is 0 Å². The van der Waals surface area contributed by atoms with E-state index in [1.54, 1.807) is 6.07 Å². The van der Waals surface area contributed by atoms with Gasteiger partial charge in [0, 0.05) is 5.69 Å². The summed E-state index contributed by atoms with van der Waals surface area (Å²) >= 11 is 0. The number of amides is 1. The Balaban J connectivity index is 1.92. The van der Waals surface area contributed by atoms with Crippen molar-refractivity contribution in [3.63, 3.8) is 0 Å². The van der Waals surface area contributed by atoms with Crippen LogP contribution in [0.1, 0.15) is 29.5 Å². The van der Waals surface area contributed by atoms with Crippen molar-refractivity contribution < 1.29 is 27.3 Å². The summed E-state index contributed by atoms with van der Waals surface area (Å²) in [4.78, 5) is 23.9. The van der Waals surface area contributed by atoms with E-state index in [0.717, 1.165) is 11.1 Å². The molecule has 0 aliphatic carbocycles. The fourth-order valence-corrected chi connectivity index (χ4v) is 4.12. The molecule has 0 unspecified atom stereocenters. The van der Waals surface area contributed by atoms with E-state index in [1.165, 1.54) is 20.8 Å². The quantitative estimate of drug-likeness (QED) is 0.667. The largest absolute Gasteiger partial charge is 0.454 e. The van der Waals surface area contributed by atoms with Crippen LogP contribution in [0.5, 0.6) is 0 Å². The Morgan fingerprint density at radius 2 is 1.89 bits per heavy atom. The summed E-state index contributed by atoms with van der Waals surface area (Å²) in [6.07, 6.45) is 0. The van der Waals surface area contributed by atoms with Gasteiger partial charge in [-0.2, -0.15) is 4.72 Å². The van der Waals surface area contributed by atoms with Crippen molar-refractivity contribution in [3.05, 3.63) is 40.8 Å². The Labute approximate surface area is 163 Å². The number of nitrogens with one attached hydrogen (secondary N) is 2. The van der Waals surface area contributed by atoms with Crippen molar-refractivity contribution in [2.24, 2.45) is 0 Å². The number of esters is 1. The van der Waals surface area contributed by atoms with Crippen molar-refractivity contribution in [3.8, 4) is 0 Å². The molecule has 0 radical (unpaired) electrons. The van der Waals surface area contributed by atoms with Crippen molar-refractivity contribution in [1.82, 2.24) is 9.88 Å². The van der Waals surface area contributed by atoms with Crippen LogP contribution in [0.3, 0.4) is 0 Å². The molecule has 1 aromatic heterocycles. The van der Waals surface area contributed by atoms with Crippen LogP contribution in [0.2, 0.25) is 0 Å². The third-order valence-corrected chi connectivity index (χ3v) is 5.71. The molecule has 0 aliphatic rings. The van der Waals surface area contributed by atoms with E-state index < -0.39 is 34.5 Å². The van der Waals surface area contributed by atoms with E-state index in [0.29, 0.717) is 5.69 Å². The van der Waals surface area contributed by atoms with Gasteiger partial charge in [0.25, 0.3) is 5.91 Å². The zero-order valence-electron chi connectivity index (χ0n) is 16.3. The molecule has 2 rings (SSSR count). The van der Waals surface area contributed by atoms with Gasteiger partial charge in [-0.25, -0.2) is 8.42 Å². The van der Waals surface area contributed by atoms with Crippen LogP contribution in [-0.2, 0) is 24.3 Å². The summed E-state index contributed by atoms with van der Waals surface area (Å²) < 4.78 is 36.7. The first-order chi connectivity index (χ1) is 13.0. The highest BCUT2D eigenvalue weighted by Gasteiger charge is 2.29. The zero-order valence-corrected chi connectivity index (χ0v) is 17.1. The summed E-state index contributed by atoms with van der Waals surface area (Å²) in [7, 11) is -4.03. The first-order valence-electron chi connectivity index (χ1n) is 8.50. The lowest BCUT2D eigenvalue weighted by molar-refractivity contribution is -0.148. The second kappa shape index (κ2) is 8.53. The lowest BCUT2D eigenvalue weighted by Gasteiger charge is -2.14. The summed E-state index contributed by atoms with van der Waals surface area (Å²) in [6, 6.07) is 4.31. The molecule has 0 saturated carbocycles. The third kappa shape index (κ3) is 5.17. The summed E-state index contributed by atoms with van der Waals surface area (Å²) in [5.74, 6) is -1.30. The average Bonchev–Trinajstić information content (AvgIpc) is 2.94. The number of sulfonamides is 1. The second-order valence-corrected chi connectivity index (χ2v) is 8.12. The molecule has 9 nitrogen and oxygen atoms in total. The van der Waals surface area contributed by atoms with E-state index in [1.807, 2.05) is 26.0 Å². The smallest absolute Gasteiger partial charge is 0.324 e. The zero-order chi connectivity index (χ0) is 21.1. The number of rotatable bonds is 7. The predicted octanol–water partition coefficient (Wildman–Crippen LogP) is 1.76. The van der Waals surface area contributed by atoms with Gasteiger partial charge in [-0.3, -0.25) is 9.59 Å². The standard InChI is InChI=1S/C18H23N3O6S/c1-10-6-7-15(11(2)8-10)19-16(22)9-26-18(23)13(4)21-28(24,25)17-12(3)20-27-14(17)5/h6-8,13,21H,9H2,1-5H3,(H,19,22)/t13-/m0/s1. The average molecular weight is 409 g/mol. The minimum absolute atomic E-state index is 0.110. The van der Waals surface area contributed by atoms with Gasteiger partial charge < -0.3 is 14.6 Å². The minimum Gasteiger partial charge on any atom is -0.454 e. The van der Waals surface area contributed by atoms with Crippen molar-refractivity contribution in [2.75, 3.05) is 11.9 Å². The number of anilines is 1. The van der Waals surface area contributed by atoms with Crippen molar-refractivity contribution in [1.29, 1.82) is 0 Å². The molecule has 2 N–H and O–H groups in total. The van der Waals surface area contributed by atoms with Gasteiger partial charge in [-0.05, 0) is 46.2 Å². The Morgan fingerprint density at radius 1 is 1.21 bits per heavy atom. The SMILES string of the molecule is Cc1ccc(NC(=O)COC(=O)[C@H](C)NS(=O)(=O)c2c(C)noc2C)c(C)c1. The summed E-state index contributed by atoms with van der Waals surface area (Å²) in [6.45, 7) is 7.50. The number of hydrogen-bond acceptors (Lipinski definition) is 7. The molecule has 0 bridgehead atoms. The fourth-order valence-electron chi connectivity index (χ4n) is 2.60. The minimum atomic E-state index is -4.03. The second-order valence-electron chi connectivity index (χ2n) is 6.47. The molecular formula is C18H23N3O6S. The highest BCUT2D eigenvalue weighted by atomic mass is 32.2. The molecule has 0 aliphatic heterocycles.